The Kier molecular flexibility index (Phi) is 5.86. The molecule has 0 bridgehead atoms. The van der Waals surface area contributed by atoms with Crippen LogP contribution in [0.3, 0.4) is 0 Å². The second-order valence-electron chi connectivity index (χ2n) is 6.33. The van der Waals surface area contributed by atoms with E-state index in [-0.39, 0.29) is 24.2 Å². The number of nitrogens with one attached hydrogen (secondary N) is 1. The SMILES string of the molecule is CCC(=O)c1ccc(OCC(=O)Nc2ccc(N3CCCC3=O)cc2)cc1. The van der Waals surface area contributed by atoms with E-state index in [0.29, 0.717) is 29.8 Å². The summed E-state index contributed by atoms with van der Waals surface area (Å²) in [4.78, 5) is 37.1. The van der Waals surface area contributed by atoms with Crippen LogP contribution in [0, 0.1) is 0 Å². The third-order valence-electron chi connectivity index (χ3n) is 4.40. The Bertz CT molecular complexity index is 828. The molecular weight excluding hydrogens is 344 g/mol. The highest BCUT2D eigenvalue weighted by Crippen LogP contribution is 2.23. The van der Waals surface area contributed by atoms with Crippen LogP contribution in [-0.2, 0) is 9.59 Å². The maximum absolute atomic E-state index is 12.0. The lowest BCUT2D eigenvalue weighted by Crippen LogP contribution is -2.23. The summed E-state index contributed by atoms with van der Waals surface area (Å²) in [6.45, 7) is 2.42. The molecule has 2 aromatic carbocycles. The van der Waals surface area contributed by atoms with Gasteiger partial charge in [-0.25, -0.2) is 0 Å². The number of ether oxygens (including phenoxy) is 1. The third kappa shape index (κ3) is 4.73. The molecule has 0 aromatic heterocycles. The number of nitrogens with zero attached hydrogens (tertiary/aromatic N) is 1. The second kappa shape index (κ2) is 8.49. The van der Waals surface area contributed by atoms with Crippen LogP contribution in [-0.4, -0.2) is 30.7 Å². The Labute approximate surface area is 158 Å². The van der Waals surface area contributed by atoms with Crippen molar-refractivity contribution in [2.75, 3.05) is 23.4 Å². The maximum atomic E-state index is 12.0. The number of benzene rings is 2. The van der Waals surface area contributed by atoms with E-state index in [1.165, 1.54) is 0 Å². The van der Waals surface area contributed by atoms with E-state index in [9.17, 15) is 14.4 Å². The molecule has 1 aliphatic heterocycles. The van der Waals surface area contributed by atoms with Crippen molar-refractivity contribution in [2.45, 2.75) is 26.2 Å². The average molecular weight is 366 g/mol. The van der Waals surface area contributed by atoms with Gasteiger partial charge in [-0.3, -0.25) is 14.4 Å². The fourth-order valence-corrected chi connectivity index (χ4v) is 2.93. The predicted octanol–water partition coefficient (Wildman–Crippen LogP) is 3.42. The molecule has 0 radical (unpaired) electrons. The van der Waals surface area contributed by atoms with Crippen molar-refractivity contribution in [3.63, 3.8) is 0 Å². The van der Waals surface area contributed by atoms with E-state index in [0.717, 1.165) is 18.7 Å². The van der Waals surface area contributed by atoms with Crippen molar-refractivity contribution in [3.05, 3.63) is 54.1 Å². The van der Waals surface area contributed by atoms with Crippen molar-refractivity contribution in [1.29, 1.82) is 0 Å². The van der Waals surface area contributed by atoms with Gasteiger partial charge in [0, 0.05) is 36.3 Å². The number of anilines is 2. The van der Waals surface area contributed by atoms with Crippen molar-refractivity contribution < 1.29 is 19.1 Å². The molecule has 2 aromatic rings. The molecule has 0 unspecified atom stereocenters. The van der Waals surface area contributed by atoms with Crippen molar-refractivity contribution in [3.8, 4) is 5.75 Å². The number of carbonyl (C=O) groups is 3. The largest absolute Gasteiger partial charge is 0.484 e. The van der Waals surface area contributed by atoms with Gasteiger partial charge in [-0.1, -0.05) is 6.92 Å². The van der Waals surface area contributed by atoms with Crippen LogP contribution >= 0.6 is 0 Å². The first-order chi connectivity index (χ1) is 13.1. The molecule has 1 aliphatic rings. The smallest absolute Gasteiger partial charge is 0.262 e. The molecule has 6 nitrogen and oxygen atoms in total. The van der Waals surface area contributed by atoms with Gasteiger partial charge in [0.25, 0.3) is 5.91 Å². The van der Waals surface area contributed by atoms with E-state index in [1.807, 2.05) is 19.1 Å². The summed E-state index contributed by atoms with van der Waals surface area (Å²) in [5.41, 5.74) is 2.11. The van der Waals surface area contributed by atoms with Crippen molar-refractivity contribution in [2.24, 2.45) is 0 Å². The number of carbonyl (C=O) groups excluding carboxylic acids is 3. The maximum Gasteiger partial charge on any atom is 0.262 e. The lowest BCUT2D eigenvalue weighted by atomic mass is 10.1. The monoisotopic (exact) mass is 366 g/mol. The van der Waals surface area contributed by atoms with Gasteiger partial charge in [-0.15, -0.1) is 0 Å². The van der Waals surface area contributed by atoms with Crippen molar-refractivity contribution in [1.82, 2.24) is 0 Å². The molecule has 1 saturated heterocycles. The molecule has 140 valence electrons. The third-order valence-corrected chi connectivity index (χ3v) is 4.40. The molecule has 1 N–H and O–H groups in total. The summed E-state index contributed by atoms with van der Waals surface area (Å²) in [6, 6.07) is 13.9. The molecule has 0 spiro atoms. The number of hydrogen-bond donors (Lipinski definition) is 1. The average Bonchev–Trinajstić information content (AvgIpc) is 3.12. The van der Waals surface area contributed by atoms with Crippen LogP contribution < -0.4 is 15.0 Å². The van der Waals surface area contributed by atoms with Crippen LogP contribution in [0.1, 0.15) is 36.5 Å². The van der Waals surface area contributed by atoms with E-state index in [1.54, 1.807) is 41.3 Å². The topological polar surface area (TPSA) is 75.7 Å². The van der Waals surface area contributed by atoms with Crippen LogP contribution in [0.15, 0.2) is 48.5 Å². The minimum atomic E-state index is -0.284. The highest BCUT2D eigenvalue weighted by molar-refractivity contribution is 5.97. The summed E-state index contributed by atoms with van der Waals surface area (Å²) < 4.78 is 5.45. The van der Waals surface area contributed by atoms with E-state index < -0.39 is 0 Å². The van der Waals surface area contributed by atoms with E-state index in [2.05, 4.69) is 5.32 Å². The van der Waals surface area contributed by atoms with Gasteiger partial charge in [-0.05, 0) is 55.0 Å². The normalized spacial score (nSPS) is 13.5. The summed E-state index contributed by atoms with van der Waals surface area (Å²) in [6.07, 6.45) is 1.92. The summed E-state index contributed by atoms with van der Waals surface area (Å²) in [5.74, 6) is 0.444. The molecule has 0 atom stereocenters. The predicted molar refractivity (Wildman–Crippen MR) is 103 cm³/mol. The Morgan fingerprint density at radius 2 is 1.78 bits per heavy atom. The van der Waals surface area contributed by atoms with Crippen LogP contribution in [0.25, 0.3) is 0 Å². The lowest BCUT2D eigenvalue weighted by molar-refractivity contribution is -0.118. The minimum Gasteiger partial charge on any atom is -0.484 e. The molecule has 0 saturated carbocycles. The molecule has 6 heteroatoms. The van der Waals surface area contributed by atoms with Gasteiger partial charge in [-0.2, -0.15) is 0 Å². The number of hydrogen-bond acceptors (Lipinski definition) is 4. The molecule has 3 rings (SSSR count). The van der Waals surface area contributed by atoms with E-state index in [4.69, 9.17) is 4.74 Å². The van der Waals surface area contributed by atoms with Gasteiger partial charge in [0.2, 0.25) is 5.91 Å². The van der Waals surface area contributed by atoms with Crippen LogP contribution in [0.5, 0.6) is 5.75 Å². The summed E-state index contributed by atoms with van der Waals surface area (Å²) >= 11 is 0. The highest BCUT2D eigenvalue weighted by atomic mass is 16.5. The number of Topliss-reactive ketones (excluding diaryl/α,β-unsaturated/α-hetero) is 1. The zero-order valence-corrected chi connectivity index (χ0v) is 15.2. The Hall–Kier alpha value is -3.15. The molecular formula is C21H22N2O4. The van der Waals surface area contributed by atoms with Gasteiger partial charge >= 0.3 is 0 Å². The second-order valence-corrected chi connectivity index (χ2v) is 6.33. The summed E-state index contributed by atoms with van der Waals surface area (Å²) in [7, 11) is 0. The fourth-order valence-electron chi connectivity index (χ4n) is 2.93. The first-order valence-corrected chi connectivity index (χ1v) is 9.03. The molecule has 1 heterocycles. The summed E-state index contributed by atoms with van der Waals surface area (Å²) in [5, 5.41) is 2.76. The molecule has 1 fully saturated rings. The Morgan fingerprint density at radius 1 is 1.07 bits per heavy atom. The van der Waals surface area contributed by atoms with Crippen LogP contribution in [0.4, 0.5) is 11.4 Å². The van der Waals surface area contributed by atoms with E-state index >= 15 is 0 Å². The Morgan fingerprint density at radius 3 is 2.37 bits per heavy atom. The van der Waals surface area contributed by atoms with Gasteiger partial charge in [0.15, 0.2) is 12.4 Å². The van der Waals surface area contributed by atoms with Gasteiger partial charge < -0.3 is 15.0 Å². The van der Waals surface area contributed by atoms with Gasteiger partial charge in [0.05, 0.1) is 0 Å². The molecule has 27 heavy (non-hydrogen) atoms. The number of amides is 2. The van der Waals surface area contributed by atoms with Crippen molar-refractivity contribution >= 4 is 29.0 Å². The molecule has 2 amide bonds. The molecule has 0 aliphatic carbocycles. The number of ketones is 1. The zero-order chi connectivity index (χ0) is 19.2. The first-order valence-electron chi connectivity index (χ1n) is 9.03. The quantitative estimate of drug-likeness (QED) is 0.762. The standard InChI is InChI=1S/C21H22N2O4/c1-2-19(24)15-5-11-18(12-6-15)27-14-20(25)22-16-7-9-17(10-8-16)23-13-3-4-21(23)26/h5-12H,2-4,13-14H2,1H3,(H,22,25). The fraction of sp³-hybridized carbons (Fsp3) is 0.286. The Balaban J connectivity index is 1.50. The van der Waals surface area contributed by atoms with Crippen LogP contribution in [0.2, 0.25) is 0 Å². The number of rotatable bonds is 7. The van der Waals surface area contributed by atoms with Gasteiger partial charge in [0.1, 0.15) is 5.75 Å². The highest BCUT2D eigenvalue weighted by Gasteiger charge is 2.21. The minimum absolute atomic E-state index is 0.0679. The lowest BCUT2D eigenvalue weighted by Gasteiger charge is -2.16. The zero-order valence-electron chi connectivity index (χ0n) is 15.2. The first kappa shape index (κ1) is 18.6.